The molecule has 4 nitrogen and oxygen atoms in total. The van der Waals surface area contributed by atoms with Gasteiger partial charge in [0.1, 0.15) is 5.75 Å². The van der Waals surface area contributed by atoms with Crippen LogP contribution in [0.3, 0.4) is 0 Å². The van der Waals surface area contributed by atoms with Gasteiger partial charge >= 0.3 is 5.97 Å². The number of methoxy groups -OCH3 is 1. The zero-order valence-electron chi connectivity index (χ0n) is 10.2. The minimum atomic E-state index is -0.781. The molecule has 0 fully saturated rings. The van der Waals surface area contributed by atoms with Crippen molar-refractivity contribution in [2.24, 2.45) is 0 Å². The molecule has 6 heteroatoms. The van der Waals surface area contributed by atoms with Crippen molar-refractivity contribution >= 4 is 43.5 Å². The van der Waals surface area contributed by atoms with Crippen molar-refractivity contribution in [2.75, 3.05) is 12.4 Å². The standard InChI is InChI=1S/C12H15Br2NO3/c1-7(3-4-12(16)17)15-10-6-11(18-2)9(14)5-8(10)13/h5-7,15H,3-4H2,1-2H3,(H,16,17). The lowest BCUT2D eigenvalue weighted by Gasteiger charge is -2.17. The van der Waals surface area contributed by atoms with E-state index in [1.165, 1.54) is 0 Å². The predicted octanol–water partition coefficient (Wildman–Crippen LogP) is 3.89. The third kappa shape index (κ3) is 4.49. The Bertz CT molecular complexity index is 438. The second-order valence-electron chi connectivity index (χ2n) is 3.94. The molecule has 0 aliphatic carbocycles. The molecular weight excluding hydrogens is 366 g/mol. The number of carboxylic acids is 1. The number of nitrogens with one attached hydrogen (secondary N) is 1. The van der Waals surface area contributed by atoms with E-state index in [0.717, 1.165) is 20.4 Å². The number of hydrogen-bond acceptors (Lipinski definition) is 3. The van der Waals surface area contributed by atoms with Gasteiger partial charge in [-0.2, -0.15) is 0 Å². The van der Waals surface area contributed by atoms with Crippen LogP contribution in [-0.2, 0) is 4.79 Å². The van der Waals surface area contributed by atoms with Crippen molar-refractivity contribution in [2.45, 2.75) is 25.8 Å². The molecule has 1 aromatic carbocycles. The summed E-state index contributed by atoms with van der Waals surface area (Å²) in [4.78, 5) is 10.5. The zero-order chi connectivity index (χ0) is 13.7. The minimum Gasteiger partial charge on any atom is -0.495 e. The number of hydrogen-bond donors (Lipinski definition) is 2. The summed E-state index contributed by atoms with van der Waals surface area (Å²) < 4.78 is 6.98. The Hall–Kier alpha value is -0.750. The van der Waals surface area contributed by atoms with Gasteiger partial charge in [-0.25, -0.2) is 0 Å². The van der Waals surface area contributed by atoms with Crippen LogP contribution in [0.4, 0.5) is 5.69 Å². The Labute approximate surface area is 123 Å². The Morgan fingerprint density at radius 1 is 1.44 bits per heavy atom. The summed E-state index contributed by atoms with van der Waals surface area (Å²) >= 11 is 6.85. The summed E-state index contributed by atoms with van der Waals surface area (Å²) in [5, 5.41) is 11.9. The van der Waals surface area contributed by atoms with Crippen LogP contribution < -0.4 is 10.1 Å². The second kappa shape index (κ2) is 6.99. The maximum Gasteiger partial charge on any atom is 0.303 e. The topological polar surface area (TPSA) is 58.6 Å². The van der Waals surface area contributed by atoms with E-state index in [2.05, 4.69) is 37.2 Å². The largest absolute Gasteiger partial charge is 0.495 e. The third-order valence-electron chi connectivity index (χ3n) is 2.43. The second-order valence-corrected chi connectivity index (χ2v) is 5.65. The molecule has 0 aromatic heterocycles. The fraction of sp³-hybridized carbons (Fsp3) is 0.417. The molecule has 0 amide bonds. The van der Waals surface area contributed by atoms with Gasteiger partial charge in [0.15, 0.2) is 0 Å². The van der Waals surface area contributed by atoms with Gasteiger partial charge in [-0.3, -0.25) is 4.79 Å². The van der Waals surface area contributed by atoms with Crippen molar-refractivity contribution < 1.29 is 14.6 Å². The summed E-state index contributed by atoms with van der Waals surface area (Å²) in [5.74, 6) is -0.0535. The molecule has 1 atom stereocenters. The lowest BCUT2D eigenvalue weighted by molar-refractivity contribution is -0.137. The lowest BCUT2D eigenvalue weighted by Crippen LogP contribution is -2.17. The van der Waals surface area contributed by atoms with Crippen LogP contribution in [0, 0.1) is 0 Å². The fourth-order valence-corrected chi connectivity index (χ4v) is 2.74. The van der Waals surface area contributed by atoms with E-state index < -0.39 is 5.97 Å². The Morgan fingerprint density at radius 2 is 2.11 bits per heavy atom. The third-order valence-corrected chi connectivity index (χ3v) is 3.71. The lowest BCUT2D eigenvalue weighted by atomic mass is 10.1. The van der Waals surface area contributed by atoms with Crippen LogP contribution in [0.1, 0.15) is 19.8 Å². The van der Waals surface area contributed by atoms with Gasteiger partial charge in [-0.1, -0.05) is 0 Å². The molecule has 0 saturated carbocycles. The first-order chi connectivity index (χ1) is 8.43. The van der Waals surface area contributed by atoms with Gasteiger partial charge in [0.05, 0.1) is 17.3 Å². The highest BCUT2D eigenvalue weighted by atomic mass is 79.9. The number of halogens is 2. The quantitative estimate of drug-likeness (QED) is 0.786. The number of anilines is 1. The van der Waals surface area contributed by atoms with Crippen molar-refractivity contribution in [1.82, 2.24) is 0 Å². The van der Waals surface area contributed by atoms with Crippen LogP contribution in [0.25, 0.3) is 0 Å². The van der Waals surface area contributed by atoms with Crippen molar-refractivity contribution in [3.05, 3.63) is 21.1 Å². The predicted molar refractivity (Wildman–Crippen MR) is 78.3 cm³/mol. The smallest absolute Gasteiger partial charge is 0.303 e. The summed E-state index contributed by atoms with van der Waals surface area (Å²) in [5.41, 5.74) is 0.882. The van der Waals surface area contributed by atoms with Crippen LogP contribution in [0.2, 0.25) is 0 Å². The van der Waals surface area contributed by atoms with Gasteiger partial charge in [0.25, 0.3) is 0 Å². The number of rotatable bonds is 6. The van der Waals surface area contributed by atoms with Gasteiger partial charge in [0, 0.05) is 23.0 Å². The van der Waals surface area contributed by atoms with Gasteiger partial charge in [0.2, 0.25) is 0 Å². The number of carbonyl (C=O) groups is 1. The van der Waals surface area contributed by atoms with Crippen LogP contribution in [0.15, 0.2) is 21.1 Å². The SMILES string of the molecule is COc1cc(NC(C)CCC(=O)O)c(Br)cc1Br. The van der Waals surface area contributed by atoms with Gasteiger partial charge in [-0.05, 0) is 51.3 Å². The molecule has 1 unspecified atom stereocenters. The molecule has 2 N–H and O–H groups in total. The van der Waals surface area contributed by atoms with E-state index in [9.17, 15) is 4.79 Å². The van der Waals surface area contributed by atoms with Crippen molar-refractivity contribution in [3.63, 3.8) is 0 Å². The molecule has 0 radical (unpaired) electrons. The summed E-state index contributed by atoms with van der Waals surface area (Å²) in [6.07, 6.45) is 0.722. The zero-order valence-corrected chi connectivity index (χ0v) is 13.3. The highest BCUT2D eigenvalue weighted by molar-refractivity contribution is 9.11. The van der Waals surface area contributed by atoms with Crippen LogP contribution in [-0.4, -0.2) is 24.2 Å². The van der Waals surface area contributed by atoms with Gasteiger partial charge < -0.3 is 15.2 Å². The fourth-order valence-electron chi connectivity index (χ4n) is 1.47. The average Bonchev–Trinajstić information content (AvgIpc) is 2.30. The summed E-state index contributed by atoms with van der Waals surface area (Å²) in [7, 11) is 1.60. The number of carboxylic acid groups (broad SMARTS) is 1. The minimum absolute atomic E-state index is 0.0725. The molecule has 1 rings (SSSR count). The first kappa shape index (κ1) is 15.3. The summed E-state index contributed by atoms with van der Waals surface area (Å²) in [6.45, 7) is 1.95. The molecule has 18 heavy (non-hydrogen) atoms. The molecule has 100 valence electrons. The van der Waals surface area contributed by atoms with E-state index >= 15 is 0 Å². The monoisotopic (exact) mass is 379 g/mol. The highest BCUT2D eigenvalue weighted by Crippen LogP contribution is 2.34. The number of benzene rings is 1. The number of ether oxygens (including phenoxy) is 1. The average molecular weight is 381 g/mol. The normalized spacial score (nSPS) is 12.0. The first-order valence-corrected chi connectivity index (χ1v) is 7.04. The molecule has 0 heterocycles. The van der Waals surface area contributed by atoms with E-state index in [1.807, 2.05) is 19.1 Å². The highest BCUT2D eigenvalue weighted by Gasteiger charge is 2.10. The molecule has 1 aromatic rings. The molecule has 0 aliphatic rings. The first-order valence-electron chi connectivity index (χ1n) is 5.45. The van der Waals surface area contributed by atoms with Crippen LogP contribution >= 0.6 is 31.9 Å². The number of aliphatic carboxylic acids is 1. The Balaban J connectivity index is 2.74. The molecule has 0 aliphatic heterocycles. The molecule has 0 spiro atoms. The van der Waals surface area contributed by atoms with Crippen molar-refractivity contribution in [3.8, 4) is 5.75 Å². The molecular formula is C12H15Br2NO3. The molecule has 0 bridgehead atoms. The van der Waals surface area contributed by atoms with Crippen molar-refractivity contribution in [1.29, 1.82) is 0 Å². The maximum absolute atomic E-state index is 10.5. The van der Waals surface area contributed by atoms with E-state index in [-0.39, 0.29) is 12.5 Å². The van der Waals surface area contributed by atoms with E-state index in [0.29, 0.717) is 6.42 Å². The Kier molecular flexibility index (Phi) is 5.95. The van der Waals surface area contributed by atoms with E-state index in [1.54, 1.807) is 7.11 Å². The van der Waals surface area contributed by atoms with Crippen LogP contribution in [0.5, 0.6) is 5.75 Å². The van der Waals surface area contributed by atoms with Gasteiger partial charge in [-0.15, -0.1) is 0 Å². The maximum atomic E-state index is 10.5. The van der Waals surface area contributed by atoms with E-state index in [4.69, 9.17) is 9.84 Å². The Morgan fingerprint density at radius 3 is 2.67 bits per heavy atom. The molecule has 0 saturated heterocycles. The summed E-state index contributed by atoms with van der Waals surface area (Å²) in [6, 6.07) is 3.83.